The van der Waals surface area contributed by atoms with Gasteiger partial charge in [-0.15, -0.1) is 0 Å². The summed E-state index contributed by atoms with van der Waals surface area (Å²) < 4.78 is 11.4. The minimum Gasteiger partial charge on any atom is -0.492 e. The zero-order valence-electron chi connectivity index (χ0n) is 19.0. The Morgan fingerprint density at radius 1 is 1.13 bits per heavy atom. The molecule has 3 rings (SSSR count). The lowest BCUT2D eigenvalue weighted by molar-refractivity contribution is 0.0392. The third kappa shape index (κ3) is 6.97. The molecule has 31 heavy (non-hydrogen) atoms. The molecule has 168 valence electrons. The van der Waals surface area contributed by atoms with Crippen LogP contribution in [0, 0.1) is 0 Å². The fourth-order valence-electron chi connectivity index (χ4n) is 3.70. The fourth-order valence-corrected chi connectivity index (χ4v) is 3.70. The Kier molecular flexibility index (Phi) is 8.74. The molecular weight excluding hydrogens is 390 g/mol. The summed E-state index contributed by atoms with van der Waals surface area (Å²) in [5.74, 6) is 0.759. The van der Waals surface area contributed by atoms with Crippen molar-refractivity contribution < 1.29 is 14.3 Å². The second-order valence-corrected chi connectivity index (χ2v) is 8.06. The maximum atomic E-state index is 12.5. The van der Waals surface area contributed by atoms with Crippen LogP contribution in [0.5, 0.6) is 5.75 Å². The van der Waals surface area contributed by atoms with E-state index in [1.165, 1.54) is 0 Å². The van der Waals surface area contributed by atoms with Gasteiger partial charge in [0.25, 0.3) is 5.91 Å². The number of nitrogens with one attached hydrogen (secondary N) is 1. The molecule has 6 heteroatoms. The third-order valence-electron chi connectivity index (χ3n) is 5.92. The van der Waals surface area contributed by atoms with Crippen LogP contribution in [0.3, 0.4) is 0 Å². The van der Waals surface area contributed by atoms with Gasteiger partial charge in [0.05, 0.1) is 0 Å². The molecule has 1 saturated heterocycles. The molecule has 1 amide bonds. The van der Waals surface area contributed by atoms with Gasteiger partial charge < -0.3 is 19.7 Å². The number of nitrogens with zero attached hydrogens (tertiary/aromatic N) is 2. The first-order valence-corrected chi connectivity index (χ1v) is 11.2. The molecule has 1 N–H and O–H groups in total. The molecule has 2 aromatic rings. The van der Waals surface area contributed by atoms with Gasteiger partial charge in [-0.1, -0.05) is 12.1 Å². The van der Waals surface area contributed by atoms with E-state index in [1.807, 2.05) is 55.6 Å². The minimum atomic E-state index is -0.0740. The van der Waals surface area contributed by atoms with Crippen LogP contribution in [0.25, 0.3) is 0 Å². The number of likely N-dealkylation sites (N-methyl/N-ethyl adjacent to an activating group) is 1. The monoisotopic (exact) mass is 425 g/mol. The lowest BCUT2D eigenvalue weighted by Crippen LogP contribution is -2.38. The highest BCUT2D eigenvalue weighted by Gasteiger charge is 2.18. The Balaban J connectivity index is 1.45. The highest BCUT2D eigenvalue weighted by Crippen LogP contribution is 2.16. The standard InChI is InChI=1S/C25H35N3O3/c1-4-27(2)22-10-8-21(9-11-22)25(29)26-19-20-6-5-7-24(18-20)31-17-14-28(3)23-12-15-30-16-13-23/h5-11,18,23H,4,12-17,19H2,1-3H3,(H,26,29). The van der Waals surface area contributed by atoms with E-state index >= 15 is 0 Å². The van der Waals surface area contributed by atoms with Crippen molar-refractivity contribution in [3.05, 3.63) is 59.7 Å². The number of carbonyl (C=O) groups is 1. The Labute approximate surface area is 186 Å². The Hall–Kier alpha value is -2.57. The van der Waals surface area contributed by atoms with Gasteiger partial charge in [0.15, 0.2) is 0 Å². The van der Waals surface area contributed by atoms with Gasteiger partial charge in [-0.3, -0.25) is 9.69 Å². The molecule has 0 saturated carbocycles. The van der Waals surface area contributed by atoms with Gasteiger partial charge in [-0.25, -0.2) is 0 Å². The van der Waals surface area contributed by atoms with Crippen molar-refractivity contribution in [2.75, 3.05) is 51.9 Å². The largest absolute Gasteiger partial charge is 0.492 e. The zero-order chi connectivity index (χ0) is 22.1. The van der Waals surface area contributed by atoms with E-state index < -0.39 is 0 Å². The minimum absolute atomic E-state index is 0.0740. The van der Waals surface area contributed by atoms with Crippen LogP contribution in [0.15, 0.2) is 48.5 Å². The summed E-state index contributed by atoms with van der Waals surface area (Å²) in [4.78, 5) is 17.0. The van der Waals surface area contributed by atoms with Crippen molar-refractivity contribution in [3.63, 3.8) is 0 Å². The molecule has 0 radical (unpaired) electrons. The molecule has 0 unspecified atom stereocenters. The van der Waals surface area contributed by atoms with Crippen LogP contribution in [0.2, 0.25) is 0 Å². The van der Waals surface area contributed by atoms with Gasteiger partial charge >= 0.3 is 0 Å². The summed E-state index contributed by atoms with van der Waals surface area (Å²) in [6, 6.07) is 16.2. The number of carbonyl (C=O) groups excluding carboxylic acids is 1. The maximum absolute atomic E-state index is 12.5. The van der Waals surface area contributed by atoms with Crippen LogP contribution in [-0.4, -0.2) is 63.9 Å². The number of ether oxygens (including phenoxy) is 2. The van der Waals surface area contributed by atoms with Crippen LogP contribution in [-0.2, 0) is 11.3 Å². The molecule has 1 fully saturated rings. The fraction of sp³-hybridized carbons (Fsp3) is 0.480. The molecular formula is C25H35N3O3. The van der Waals surface area contributed by atoms with Crippen LogP contribution >= 0.6 is 0 Å². The highest BCUT2D eigenvalue weighted by molar-refractivity contribution is 5.94. The lowest BCUT2D eigenvalue weighted by atomic mass is 10.1. The molecule has 2 aromatic carbocycles. The summed E-state index contributed by atoms with van der Waals surface area (Å²) >= 11 is 0. The molecule has 1 aliphatic heterocycles. The van der Waals surface area contributed by atoms with Gasteiger partial charge in [0.1, 0.15) is 12.4 Å². The van der Waals surface area contributed by atoms with E-state index in [2.05, 4.69) is 29.1 Å². The van der Waals surface area contributed by atoms with Crippen molar-refractivity contribution in [1.29, 1.82) is 0 Å². The number of hydrogen-bond donors (Lipinski definition) is 1. The van der Waals surface area contributed by atoms with Gasteiger partial charge in [-0.2, -0.15) is 0 Å². The van der Waals surface area contributed by atoms with Crippen molar-refractivity contribution in [2.45, 2.75) is 32.4 Å². The number of benzene rings is 2. The second-order valence-electron chi connectivity index (χ2n) is 8.06. The first kappa shape index (κ1) is 23.1. The van der Waals surface area contributed by atoms with E-state index in [-0.39, 0.29) is 5.91 Å². The molecule has 0 aliphatic carbocycles. The van der Waals surface area contributed by atoms with Crippen molar-refractivity contribution in [2.24, 2.45) is 0 Å². The van der Waals surface area contributed by atoms with Gasteiger partial charge in [0, 0.05) is 57.2 Å². The number of amides is 1. The van der Waals surface area contributed by atoms with Gasteiger partial charge in [0.2, 0.25) is 0 Å². The number of hydrogen-bond acceptors (Lipinski definition) is 5. The first-order chi connectivity index (χ1) is 15.1. The van der Waals surface area contributed by atoms with E-state index in [4.69, 9.17) is 9.47 Å². The van der Waals surface area contributed by atoms with Crippen molar-refractivity contribution >= 4 is 11.6 Å². The average molecular weight is 426 g/mol. The van der Waals surface area contributed by atoms with E-state index in [9.17, 15) is 4.79 Å². The van der Waals surface area contributed by atoms with Crippen LogP contribution in [0.4, 0.5) is 5.69 Å². The third-order valence-corrected chi connectivity index (χ3v) is 5.92. The molecule has 1 heterocycles. The average Bonchev–Trinajstić information content (AvgIpc) is 2.83. The summed E-state index contributed by atoms with van der Waals surface area (Å²) in [5.41, 5.74) is 2.79. The lowest BCUT2D eigenvalue weighted by Gasteiger charge is -2.31. The Bertz CT molecular complexity index is 819. The molecule has 0 atom stereocenters. The van der Waals surface area contributed by atoms with Gasteiger partial charge in [-0.05, 0) is 68.8 Å². The summed E-state index contributed by atoms with van der Waals surface area (Å²) in [6.45, 7) is 6.72. The topological polar surface area (TPSA) is 54.0 Å². The van der Waals surface area contributed by atoms with Crippen molar-refractivity contribution in [3.8, 4) is 5.75 Å². The summed E-state index contributed by atoms with van der Waals surface area (Å²) in [7, 11) is 4.19. The summed E-state index contributed by atoms with van der Waals surface area (Å²) in [6.07, 6.45) is 2.17. The maximum Gasteiger partial charge on any atom is 0.251 e. The van der Waals surface area contributed by atoms with Crippen LogP contribution in [0.1, 0.15) is 35.7 Å². The summed E-state index contributed by atoms with van der Waals surface area (Å²) in [5, 5.41) is 2.99. The quantitative estimate of drug-likeness (QED) is 0.631. The predicted octanol–water partition coefficient (Wildman–Crippen LogP) is 3.56. The van der Waals surface area contributed by atoms with Crippen molar-refractivity contribution in [1.82, 2.24) is 10.2 Å². The number of anilines is 1. The number of rotatable bonds is 10. The second kappa shape index (κ2) is 11.7. The van der Waals surface area contributed by atoms with E-state index in [0.717, 1.165) is 56.1 Å². The predicted molar refractivity (Wildman–Crippen MR) is 125 cm³/mol. The SMILES string of the molecule is CCN(C)c1ccc(C(=O)NCc2cccc(OCCN(C)C3CCOCC3)c2)cc1. The van der Waals surface area contributed by atoms with E-state index in [1.54, 1.807) is 0 Å². The van der Waals surface area contributed by atoms with Crippen LogP contribution < -0.4 is 15.0 Å². The first-order valence-electron chi connectivity index (χ1n) is 11.2. The van der Waals surface area contributed by atoms with E-state index in [0.29, 0.717) is 24.8 Å². The molecule has 1 aliphatic rings. The molecule has 0 spiro atoms. The zero-order valence-corrected chi connectivity index (χ0v) is 19.0. The highest BCUT2D eigenvalue weighted by atomic mass is 16.5. The molecule has 6 nitrogen and oxygen atoms in total. The normalized spacial score (nSPS) is 14.5. The Morgan fingerprint density at radius 3 is 2.58 bits per heavy atom. The smallest absolute Gasteiger partial charge is 0.251 e. The molecule has 0 aromatic heterocycles. The molecule has 0 bridgehead atoms. The Morgan fingerprint density at radius 2 is 1.87 bits per heavy atom.